The molecular weight excluding hydrogens is 344 g/mol. The van der Waals surface area contributed by atoms with Crippen LogP contribution in [0.5, 0.6) is 5.75 Å². The number of nitrogens with one attached hydrogen (secondary N) is 1. The van der Waals surface area contributed by atoms with Gasteiger partial charge < -0.3 is 19.7 Å². The predicted molar refractivity (Wildman–Crippen MR) is 102 cm³/mol. The number of benzene rings is 1. The lowest BCUT2D eigenvalue weighted by Crippen LogP contribution is -2.45. The average Bonchev–Trinajstić information content (AvgIpc) is 2.72. The average molecular weight is 374 g/mol. The fraction of sp³-hybridized carbons (Fsp3) is 0.619. The first kappa shape index (κ1) is 19.5. The molecule has 1 aromatic rings. The van der Waals surface area contributed by atoms with Gasteiger partial charge >= 0.3 is 6.09 Å². The quantitative estimate of drug-likeness (QED) is 0.857. The van der Waals surface area contributed by atoms with Crippen molar-refractivity contribution in [2.45, 2.75) is 57.6 Å². The van der Waals surface area contributed by atoms with E-state index in [-0.39, 0.29) is 17.9 Å². The predicted octanol–water partition coefficient (Wildman–Crippen LogP) is 3.49. The Morgan fingerprint density at radius 1 is 1.15 bits per heavy atom. The molecule has 1 aliphatic heterocycles. The zero-order valence-corrected chi connectivity index (χ0v) is 16.1. The summed E-state index contributed by atoms with van der Waals surface area (Å²) in [6, 6.07) is 7.96. The van der Waals surface area contributed by atoms with Gasteiger partial charge in [-0.1, -0.05) is 18.6 Å². The molecule has 1 aromatic carbocycles. The molecule has 1 saturated carbocycles. The van der Waals surface area contributed by atoms with Crippen molar-refractivity contribution >= 4 is 12.0 Å². The molecule has 6 heteroatoms. The lowest BCUT2D eigenvalue weighted by molar-refractivity contribution is -0.126. The number of amides is 2. The van der Waals surface area contributed by atoms with E-state index in [1.807, 2.05) is 24.3 Å². The second-order valence-corrected chi connectivity index (χ2v) is 7.50. The molecule has 1 saturated heterocycles. The number of likely N-dealkylation sites (tertiary alicyclic amines) is 1. The third-order valence-electron chi connectivity index (χ3n) is 5.45. The van der Waals surface area contributed by atoms with Crippen LogP contribution in [-0.4, -0.2) is 43.2 Å². The van der Waals surface area contributed by atoms with E-state index in [0.29, 0.717) is 25.7 Å². The van der Waals surface area contributed by atoms with Crippen molar-refractivity contribution in [1.29, 1.82) is 0 Å². The van der Waals surface area contributed by atoms with Gasteiger partial charge in [-0.3, -0.25) is 4.79 Å². The minimum atomic E-state index is -0.361. The van der Waals surface area contributed by atoms with E-state index in [2.05, 4.69) is 5.32 Å². The molecule has 1 unspecified atom stereocenters. The van der Waals surface area contributed by atoms with Crippen LogP contribution in [0.1, 0.15) is 50.5 Å². The van der Waals surface area contributed by atoms with Crippen LogP contribution in [0.25, 0.3) is 0 Å². The Kier molecular flexibility index (Phi) is 6.96. The lowest BCUT2D eigenvalue weighted by atomic mass is 9.97. The molecule has 1 heterocycles. The van der Waals surface area contributed by atoms with Crippen LogP contribution in [0.2, 0.25) is 0 Å². The Bertz CT molecular complexity index is 643. The highest BCUT2D eigenvalue weighted by molar-refractivity contribution is 5.80. The summed E-state index contributed by atoms with van der Waals surface area (Å²) in [6.45, 7) is 1.54. The summed E-state index contributed by atoms with van der Waals surface area (Å²) in [5, 5.41) is 3.00. The maximum atomic E-state index is 12.5. The number of hydrogen-bond donors (Lipinski definition) is 1. The first-order valence-corrected chi connectivity index (χ1v) is 10.0. The molecule has 2 fully saturated rings. The number of methoxy groups -OCH3 is 1. The highest BCUT2D eigenvalue weighted by Gasteiger charge is 2.28. The van der Waals surface area contributed by atoms with Crippen LogP contribution >= 0.6 is 0 Å². The lowest BCUT2D eigenvalue weighted by Gasteiger charge is -2.30. The van der Waals surface area contributed by atoms with Gasteiger partial charge in [-0.2, -0.15) is 0 Å². The number of piperidine rings is 1. The van der Waals surface area contributed by atoms with Crippen LogP contribution in [0.15, 0.2) is 24.3 Å². The van der Waals surface area contributed by atoms with E-state index in [4.69, 9.17) is 9.47 Å². The molecule has 2 aliphatic rings. The molecule has 2 amide bonds. The number of carbonyl (C=O) groups is 2. The standard InChI is InChI=1S/C21H30N2O4/c1-26-21(25)23-12-6-8-17(15-23)20(24)22-14-16-7-5-11-19(13-16)27-18-9-3-2-4-10-18/h5,7,11,13,17-18H,2-4,6,8-10,12,14-15H2,1H3,(H,22,24). The van der Waals surface area contributed by atoms with Crippen molar-refractivity contribution in [2.75, 3.05) is 20.2 Å². The number of ether oxygens (including phenoxy) is 2. The molecule has 0 spiro atoms. The number of nitrogens with zero attached hydrogens (tertiary/aromatic N) is 1. The summed E-state index contributed by atoms with van der Waals surface area (Å²) in [6.07, 6.45) is 7.60. The smallest absolute Gasteiger partial charge is 0.409 e. The molecule has 1 aliphatic carbocycles. The molecule has 0 bridgehead atoms. The van der Waals surface area contributed by atoms with Crippen molar-refractivity contribution in [3.8, 4) is 5.75 Å². The van der Waals surface area contributed by atoms with Crippen molar-refractivity contribution in [3.05, 3.63) is 29.8 Å². The Balaban J connectivity index is 1.49. The van der Waals surface area contributed by atoms with Gasteiger partial charge in [0.2, 0.25) is 5.91 Å². The molecule has 27 heavy (non-hydrogen) atoms. The minimum Gasteiger partial charge on any atom is -0.490 e. The third-order valence-corrected chi connectivity index (χ3v) is 5.45. The fourth-order valence-corrected chi connectivity index (χ4v) is 3.92. The zero-order chi connectivity index (χ0) is 19.1. The Hall–Kier alpha value is -2.24. The van der Waals surface area contributed by atoms with Gasteiger partial charge in [0.05, 0.1) is 19.1 Å². The number of carbonyl (C=O) groups excluding carboxylic acids is 2. The van der Waals surface area contributed by atoms with Gasteiger partial charge in [-0.25, -0.2) is 4.79 Å². The monoisotopic (exact) mass is 374 g/mol. The Morgan fingerprint density at radius 2 is 1.96 bits per heavy atom. The number of rotatable bonds is 5. The van der Waals surface area contributed by atoms with E-state index in [0.717, 1.165) is 37.0 Å². The molecule has 148 valence electrons. The molecular formula is C21H30N2O4. The third kappa shape index (κ3) is 5.62. The maximum absolute atomic E-state index is 12.5. The summed E-state index contributed by atoms with van der Waals surface area (Å²) in [5.41, 5.74) is 1.03. The summed E-state index contributed by atoms with van der Waals surface area (Å²) in [5.74, 6) is 0.685. The van der Waals surface area contributed by atoms with Crippen molar-refractivity contribution < 1.29 is 19.1 Å². The van der Waals surface area contributed by atoms with Crippen LogP contribution < -0.4 is 10.1 Å². The number of hydrogen-bond acceptors (Lipinski definition) is 4. The van der Waals surface area contributed by atoms with Crippen molar-refractivity contribution in [1.82, 2.24) is 10.2 Å². The normalized spacial score (nSPS) is 20.8. The SMILES string of the molecule is COC(=O)N1CCCC(C(=O)NCc2cccc(OC3CCCCC3)c2)C1. The first-order chi connectivity index (χ1) is 13.2. The largest absolute Gasteiger partial charge is 0.490 e. The zero-order valence-electron chi connectivity index (χ0n) is 16.1. The summed E-state index contributed by atoms with van der Waals surface area (Å²) < 4.78 is 10.9. The summed E-state index contributed by atoms with van der Waals surface area (Å²) >= 11 is 0. The van der Waals surface area contributed by atoms with Crippen LogP contribution in [0.4, 0.5) is 4.79 Å². The minimum absolute atomic E-state index is 0.0118. The van der Waals surface area contributed by atoms with Gasteiger partial charge in [-0.05, 0) is 56.2 Å². The van der Waals surface area contributed by atoms with Gasteiger partial charge in [0.1, 0.15) is 5.75 Å². The second kappa shape index (κ2) is 9.62. The first-order valence-electron chi connectivity index (χ1n) is 10.0. The highest BCUT2D eigenvalue weighted by atomic mass is 16.5. The van der Waals surface area contributed by atoms with E-state index in [9.17, 15) is 9.59 Å². The highest BCUT2D eigenvalue weighted by Crippen LogP contribution is 2.24. The van der Waals surface area contributed by atoms with Gasteiger partial charge in [0.25, 0.3) is 0 Å². The molecule has 3 rings (SSSR count). The van der Waals surface area contributed by atoms with E-state index in [1.54, 1.807) is 4.90 Å². The fourth-order valence-electron chi connectivity index (χ4n) is 3.92. The van der Waals surface area contributed by atoms with Crippen LogP contribution in [-0.2, 0) is 16.1 Å². The van der Waals surface area contributed by atoms with Crippen molar-refractivity contribution in [3.63, 3.8) is 0 Å². The van der Waals surface area contributed by atoms with Crippen LogP contribution in [0.3, 0.4) is 0 Å². The van der Waals surface area contributed by atoms with Gasteiger partial charge in [0.15, 0.2) is 0 Å². The summed E-state index contributed by atoms with van der Waals surface area (Å²) in [7, 11) is 1.37. The Morgan fingerprint density at radius 3 is 2.74 bits per heavy atom. The van der Waals surface area contributed by atoms with Crippen molar-refractivity contribution in [2.24, 2.45) is 5.92 Å². The van der Waals surface area contributed by atoms with Gasteiger partial charge in [-0.15, -0.1) is 0 Å². The molecule has 0 aromatic heterocycles. The molecule has 1 atom stereocenters. The maximum Gasteiger partial charge on any atom is 0.409 e. The van der Waals surface area contributed by atoms with E-state index >= 15 is 0 Å². The Labute approximate surface area is 161 Å². The van der Waals surface area contributed by atoms with E-state index in [1.165, 1.54) is 26.4 Å². The second-order valence-electron chi connectivity index (χ2n) is 7.50. The summed E-state index contributed by atoms with van der Waals surface area (Å²) in [4.78, 5) is 25.8. The molecule has 6 nitrogen and oxygen atoms in total. The molecule has 0 radical (unpaired) electrons. The molecule has 1 N–H and O–H groups in total. The topological polar surface area (TPSA) is 67.9 Å². The van der Waals surface area contributed by atoms with Crippen LogP contribution in [0, 0.1) is 5.92 Å². The van der Waals surface area contributed by atoms with Gasteiger partial charge in [0, 0.05) is 19.6 Å². The van der Waals surface area contributed by atoms with E-state index < -0.39 is 0 Å².